The number of pyridine rings is 2. The average Bonchev–Trinajstić information content (AvgIpc) is 3.55. The third kappa shape index (κ3) is 4.25. The van der Waals surface area contributed by atoms with Crippen LogP contribution < -0.4 is 10.1 Å². The Kier molecular flexibility index (Phi) is 5.77. The molecular formula is C31H25FN6O2. The number of H-pyrrole nitrogens is 2. The van der Waals surface area contributed by atoms with Crippen molar-refractivity contribution >= 4 is 33.5 Å². The number of methoxy groups -OCH3 is 1. The van der Waals surface area contributed by atoms with E-state index in [0.717, 1.165) is 63.5 Å². The van der Waals surface area contributed by atoms with E-state index in [-0.39, 0.29) is 17.6 Å². The van der Waals surface area contributed by atoms with Crippen LogP contribution in [-0.2, 0) is 4.79 Å². The maximum Gasteiger partial charge on any atom is 0.227 e. The number of carbonyl (C=O) groups excluding carboxylic acids is 1. The van der Waals surface area contributed by atoms with E-state index >= 15 is 0 Å². The number of hydrogen-bond donors (Lipinski definition) is 3. The SMILES string of the molecule is COc1cc(F)cc(-c2cccc3[nH]c(-c4n[nH]c5ncc(-c6cncc(NC(=O)C7CCC7)c6)cc45)cc23)c1. The van der Waals surface area contributed by atoms with E-state index in [2.05, 4.69) is 30.5 Å². The highest BCUT2D eigenvalue weighted by molar-refractivity contribution is 6.01. The van der Waals surface area contributed by atoms with Crippen molar-refractivity contribution < 1.29 is 13.9 Å². The lowest BCUT2D eigenvalue weighted by Gasteiger charge is -2.24. The Hall–Kier alpha value is -5.05. The van der Waals surface area contributed by atoms with Crippen LogP contribution in [-0.4, -0.2) is 38.2 Å². The second kappa shape index (κ2) is 9.60. The van der Waals surface area contributed by atoms with Gasteiger partial charge in [0.2, 0.25) is 5.91 Å². The molecule has 1 fully saturated rings. The van der Waals surface area contributed by atoms with Crippen molar-refractivity contribution in [1.29, 1.82) is 0 Å². The highest BCUT2D eigenvalue weighted by atomic mass is 19.1. The van der Waals surface area contributed by atoms with Gasteiger partial charge in [-0.05, 0) is 60.4 Å². The summed E-state index contributed by atoms with van der Waals surface area (Å²) in [6.45, 7) is 0. The number of anilines is 1. The summed E-state index contributed by atoms with van der Waals surface area (Å²) in [4.78, 5) is 24.8. The van der Waals surface area contributed by atoms with Gasteiger partial charge in [0.25, 0.3) is 0 Å². The highest BCUT2D eigenvalue weighted by Gasteiger charge is 2.25. The van der Waals surface area contributed by atoms with E-state index in [9.17, 15) is 9.18 Å². The number of aromatic amines is 2. The van der Waals surface area contributed by atoms with E-state index in [1.54, 1.807) is 18.6 Å². The molecule has 3 N–H and O–H groups in total. The first kappa shape index (κ1) is 24.0. The lowest BCUT2D eigenvalue weighted by Crippen LogP contribution is -2.28. The number of benzene rings is 2. The van der Waals surface area contributed by atoms with Crippen LogP contribution in [0.25, 0.3) is 55.6 Å². The molecule has 1 aliphatic rings. The molecule has 0 spiro atoms. The summed E-state index contributed by atoms with van der Waals surface area (Å²) in [5.74, 6) is 0.238. The summed E-state index contributed by atoms with van der Waals surface area (Å²) in [6, 6.07) is 16.5. The average molecular weight is 533 g/mol. The van der Waals surface area contributed by atoms with Gasteiger partial charge in [0.1, 0.15) is 17.3 Å². The second-order valence-electron chi connectivity index (χ2n) is 10.1. The first-order valence-electron chi connectivity index (χ1n) is 13.1. The molecule has 198 valence electrons. The quantitative estimate of drug-likeness (QED) is 0.221. The molecule has 2 aromatic carbocycles. The Balaban J connectivity index is 1.26. The van der Waals surface area contributed by atoms with Gasteiger partial charge in [0.15, 0.2) is 5.65 Å². The fourth-order valence-corrected chi connectivity index (χ4v) is 5.22. The van der Waals surface area contributed by atoms with Crippen molar-refractivity contribution in [3.63, 3.8) is 0 Å². The van der Waals surface area contributed by atoms with E-state index in [1.807, 2.05) is 42.5 Å². The van der Waals surface area contributed by atoms with Crippen molar-refractivity contribution in [2.24, 2.45) is 5.92 Å². The zero-order valence-electron chi connectivity index (χ0n) is 21.7. The molecule has 7 rings (SSSR count). The Morgan fingerprint density at radius 1 is 1.00 bits per heavy atom. The first-order valence-corrected chi connectivity index (χ1v) is 13.1. The maximum atomic E-state index is 14.3. The topological polar surface area (TPSA) is 109 Å². The lowest BCUT2D eigenvalue weighted by atomic mass is 9.85. The lowest BCUT2D eigenvalue weighted by molar-refractivity contribution is -0.122. The van der Waals surface area contributed by atoms with E-state index in [4.69, 9.17) is 4.74 Å². The first-order chi connectivity index (χ1) is 19.6. The Bertz CT molecular complexity index is 1910. The largest absolute Gasteiger partial charge is 0.497 e. The molecule has 6 aromatic rings. The summed E-state index contributed by atoms with van der Waals surface area (Å²) < 4.78 is 19.6. The van der Waals surface area contributed by atoms with Gasteiger partial charge in [-0.3, -0.25) is 14.9 Å². The maximum absolute atomic E-state index is 14.3. The predicted molar refractivity (Wildman–Crippen MR) is 152 cm³/mol. The number of aromatic nitrogens is 5. The number of halogens is 1. The zero-order chi connectivity index (χ0) is 27.2. The van der Waals surface area contributed by atoms with Crippen LogP contribution in [0.4, 0.5) is 10.1 Å². The molecule has 0 bridgehead atoms. The molecular weight excluding hydrogens is 507 g/mol. The van der Waals surface area contributed by atoms with Crippen molar-refractivity contribution in [1.82, 2.24) is 25.1 Å². The van der Waals surface area contributed by atoms with Gasteiger partial charge in [0, 0.05) is 51.8 Å². The normalized spacial score (nSPS) is 13.4. The van der Waals surface area contributed by atoms with Crippen LogP contribution in [0.3, 0.4) is 0 Å². The molecule has 4 heterocycles. The van der Waals surface area contributed by atoms with Gasteiger partial charge >= 0.3 is 0 Å². The Morgan fingerprint density at radius 2 is 1.88 bits per heavy atom. The van der Waals surface area contributed by atoms with Crippen LogP contribution in [0, 0.1) is 11.7 Å². The minimum absolute atomic E-state index is 0.0470. The summed E-state index contributed by atoms with van der Waals surface area (Å²) in [5, 5.41) is 12.3. The highest BCUT2D eigenvalue weighted by Crippen LogP contribution is 2.36. The van der Waals surface area contributed by atoms with Gasteiger partial charge < -0.3 is 15.0 Å². The van der Waals surface area contributed by atoms with Crippen LogP contribution in [0.5, 0.6) is 5.75 Å². The molecule has 4 aromatic heterocycles. The van der Waals surface area contributed by atoms with Gasteiger partial charge in [-0.15, -0.1) is 0 Å². The third-order valence-electron chi connectivity index (χ3n) is 7.57. The van der Waals surface area contributed by atoms with Gasteiger partial charge in [0.05, 0.1) is 24.7 Å². The molecule has 0 saturated heterocycles. The van der Waals surface area contributed by atoms with Crippen molar-refractivity contribution in [2.75, 3.05) is 12.4 Å². The molecule has 9 heteroatoms. The number of nitrogens with zero attached hydrogens (tertiary/aromatic N) is 3. The van der Waals surface area contributed by atoms with Gasteiger partial charge in [-0.1, -0.05) is 18.6 Å². The number of hydrogen-bond acceptors (Lipinski definition) is 5. The van der Waals surface area contributed by atoms with Gasteiger partial charge in [-0.25, -0.2) is 9.37 Å². The number of fused-ring (bicyclic) bond motifs is 2. The Labute approximate surface area is 228 Å². The van der Waals surface area contributed by atoms with Crippen LogP contribution in [0.1, 0.15) is 19.3 Å². The summed E-state index contributed by atoms with van der Waals surface area (Å²) in [5.41, 5.74) is 7.02. The number of nitrogens with one attached hydrogen (secondary N) is 3. The molecule has 0 aliphatic heterocycles. The second-order valence-corrected chi connectivity index (χ2v) is 10.1. The molecule has 0 radical (unpaired) electrons. The summed E-state index contributed by atoms with van der Waals surface area (Å²) in [7, 11) is 1.52. The fraction of sp³-hybridized carbons (Fsp3) is 0.161. The molecule has 1 amide bonds. The minimum atomic E-state index is -0.361. The standard InChI is InChI=1S/C31H25FN6O2/c1-40-23-10-18(8-21(32)12-23)24-6-3-7-27-25(24)13-28(36-27)29-26-11-20(15-34-30(26)38-37-29)19-9-22(16-33-14-19)35-31(39)17-4-2-5-17/h3,6-17,36H,2,4-5H2,1H3,(H,35,39)(H,34,37,38). The fourth-order valence-electron chi connectivity index (χ4n) is 5.22. The molecule has 1 saturated carbocycles. The van der Waals surface area contributed by atoms with Crippen molar-refractivity contribution in [3.05, 3.63) is 79.0 Å². The minimum Gasteiger partial charge on any atom is -0.497 e. The van der Waals surface area contributed by atoms with Crippen LogP contribution in [0.15, 0.2) is 73.2 Å². The van der Waals surface area contributed by atoms with E-state index < -0.39 is 0 Å². The molecule has 8 nitrogen and oxygen atoms in total. The van der Waals surface area contributed by atoms with Crippen LogP contribution >= 0.6 is 0 Å². The van der Waals surface area contributed by atoms with Crippen LogP contribution in [0.2, 0.25) is 0 Å². The smallest absolute Gasteiger partial charge is 0.227 e. The summed E-state index contributed by atoms with van der Waals surface area (Å²) in [6.07, 6.45) is 8.16. The van der Waals surface area contributed by atoms with E-state index in [0.29, 0.717) is 22.8 Å². The molecule has 40 heavy (non-hydrogen) atoms. The van der Waals surface area contributed by atoms with Crippen molar-refractivity contribution in [2.45, 2.75) is 19.3 Å². The number of rotatable bonds is 6. The number of ether oxygens (including phenoxy) is 1. The Morgan fingerprint density at radius 3 is 2.70 bits per heavy atom. The third-order valence-corrected chi connectivity index (χ3v) is 7.57. The van der Waals surface area contributed by atoms with Gasteiger partial charge in [-0.2, -0.15) is 5.10 Å². The number of amides is 1. The van der Waals surface area contributed by atoms with Crippen molar-refractivity contribution in [3.8, 4) is 39.4 Å². The number of carbonyl (C=O) groups is 1. The molecule has 1 aliphatic carbocycles. The monoisotopic (exact) mass is 532 g/mol. The predicted octanol–water partition coefficient (Wildman–Crippen LogP) is 6.72. The molecule has 0 unspecified atom stereocenters. The zero-order valence-corrected chi connectivity index (χ0v) is 21.7. The summed E-state index contributed by atoms with van der Waals surface area (Å²) >= 11 is 0. The van der Waals surface area contributed by atoms with E-state index in [1.165, 1.54) is 19.2 Å². The molecule has 0 atom stereocenters.